The van der Waals surface area contributed by atoms with Crippen LogP contribution in [0.4, 0.5) is 18.9 Å². The number of aryl methyl sites for hydroxylation is 1. The van der Waals surface area contributed by atoms with Gasteiger partial charge in [-0.05, 0) is 52.7 Å². The summed E-state index contributed by atoms with van der Waals surface area (Å²) in [6.07, 6.45) is 0. The summed E-state index contributed by atoms with van der Waals surface area (Å²) < 4.78 is 39.6. The molecular weight excluding hydrogens is 335 g/mol. The van der Waals surface area contributed by atoms with E-state index in [0.717, 1.165) is 5.56 Å². The number of hydrogen-bond acceptors (Lipinski definition) is 1. The first-order valence-corrected chi connectivity index (χ1v) is 6.40. The van der Waals surface area contributed by atoms with Crippen LogP contribution in [0.1, 0.15) is 15.9 Å². The van der Waals surface area contributed by atoms with Crippen molar-refractivity contribution < 1.29 is 18.0 Å². The monoisotopic (exact) mass is 343 g/mol. The number of rotatable bonds is 2. The Morgan fingerprint density at radius 1 is 1.10 bits per heavy atom. The van der Waals surface area contributed by atoms with E-state index in [9.17, 15) is 18.0 Å². The molecule has 104 valence electrons. The Hall–Kier alpha value is -1.82. The first-order chi connectivity index (χ1) is 9.38. The van der Waals surface area contributed by atoms with Gasteiger partial charge < -0.3 is 5.32 Å². The third-order valence-electron chi connectivity index (χ3n) is 2.62. The highest BCUT2D eigenvalue weighted by molar-refractivity contribution is 9.10. The Morgan fingerprint density at radius 3 is 2.30 bits per heavy atom. The van der Waals surface area contributed by atoms with E-state index >= 15 is 0 Å². The Balaban J connectivity index is 2.31. The summed E-state index contributed by atoms with van der Waals surface area (Å²) in [7, 11) is 0. The predicted molar refractivity (Wildman–Crippen MR) is 73.1 cm³/mol. The molecule has 2 aromatic carbocycles. The minimum absolute atomic E-state index is 0.296. The third kappa shape index (κ3) is 3.01. The fourth-order valence-corrected chi connectivity index (χ4v) is 1.96. The summed E-state index contributed by atoms with van der Waals surface area (Å²) >= 11 is 3.25. The lowest BCUT2D eigenvalue weighted by molar-refractivity contribution is 0.102. The summed E-state index contributed by atoms with van der Waals surface area (Å²) in [4.78, 5) is 11.9. The van der Waals surface area contributed by atoms with Gasteiger partial charge in [0.25, 0.3) is 5.91 Å². The number of halogens is 4. The molecule has 0 bridgehead atoms. The predicted octanol–water partition coefficient (Wildman–Crippen LogP) is 4.43. The van der Waals surface area contributed by atoms with Crippen molar-refractivity contribution in [2.24, 2.45) is 0 Å². The number of hydrogen-bond donors (Lipinski definition) is 1. The zero-order chi connectivity index (χ0) is 14.9. The highest BCUT2D eigenvalue weighted by Crippen LogP contribution is 2.24. The second kappa shape index (κ2) is 5.66. The molecule has 0 heterocycles. The molecule has 0 saturated carbocycles. The molecule has 2 nitrogen and oxygen atoms in total. The van der Waals surface area contributed by atoms with Gasteiger partial charge in [0.1, 0.15) is 0 Å². The molecule has 0 unspecified atom stereocenters. The van der Waals surface area contributed by atoms with Gasteiger partial charge in [-0.3, -0.25) is 4.79 Å². The topological polar surface area (TPSA) is 29.1 Å². The summed E-state index contributed by atoms with van der Waals surface area (Å²) in [6, 6.07) is 6.56. The van der Waals surface area contributed by atoms with E-state index < -0.39 is 23.4 Å². The molecule has 0 aliphatic heterocycles. The van der Waals surface area contributed by atoms with Crippen LogP contribution in [0.2, 0.25) is 0 Å². The van der Waals surface area contributed by atoms with Crippen molar-refractivity contribution in [3.63, 3.8) is 0 Å². The highest BCUT2D eigenvalue weighted by Gasteiger charge is 2.15. The molecule has 2 aromatic rings. The van der Waals surface area contributed by atoms with Crippen molar-refractivity contribution in [2.45, 2.75) is 6.92 Å². The number of benzene rings is 2. The molecule has 0 aliphatic rings. The van der Waals surface area contributed by atoms with E-state index in [4.69, 9.17) is 0 Å². The molecule has 0 aromatic heterocycles. The van der Waals surface area contributed by atoms with E-state index in [-0.39, 0.29) is 5.56 Å². The van der Waals surface area contributed by atoms with Crippen molar-refractivity contribution in [1.82, 2.24) is 0 Å². The standard InChI is InChI=1S/C14H9BrF3NO/c1-7-2-3-9(15)12(4-7)19-14(20)8-5-10(16)13(18)11(17)6-8/h2-6H,1H3,(H,19,20). The Labute approximate surface area is 121 Å². The number of carbonyl (C=O) groups excluding carboxylic acids is 1. The molecule has 0 saturated heterocycles. The lowest BCUT2D eigenvalue weighted by Crippen LogP contribution is -2.13. The first kappa shape index (κ1) is 14.6. The van der Waals surface area contributed by atoms with Gasteiger partial charge in [-0.15, -0.1) is 0 Å². The lowest BCUT2D eigenvalue weighted by atomic mass is 10.1. The molecule has 0 atom stereocenters. The molecular formula is C14H9BrF3NO. The van der Waals surface area contributed by atoms with Crippen LogP contribution in [0.15, 0.2) is 34.8 Å². The third-order valence-corrected chi connectivity index (χ3v) is 3.31. The molecule has 2 rings (SSSR count). The fourth-order valence-electron chi connectivity index (χ4n) is 1.62. The normalized spacial score (nSPS) is 10.4. The van der Waals surface area contributed by atoms with Crippen molar-refractivity contribution in [3.05, 3.63) is 63.4 Å². The number of amides is 1. The van der Waals surface area contributed by atoms with E-state index in [1.54, 1.807) is 12.1 Å². The molecule has 0 fully saturated rings. The molecule has 0 radical (unpaired) electrons. The highest BCUT2D eigenvalue weighted by atomic mass is 79.9. The Bertz CT molecular complexity index is 665. The Kier molecular flexibility index (Phi) is 4.13. The van der Waals surface area contributed by atoms with Crippen LogP contribution >= 0.6 is 15.9 Å². The SMILES string of the molecule is Cc1ccc(Br)c(NC(=O)c2cc(F)c(F)c(F)c2)c1. The van der Waals surface area contributed by atoms with Gasteiger partial charge in [-0.2, -0.15) is 0 Å². The molecule has 0 spiro atoms. The number of carbonyl (C=O) groups is 1. The maximum atomic E-state index is 13.1. The van der Waals surface area contributed by atoms with Gasteiger partial charge in [-0.1, -0.05) is 6.07 Å². The zero-order valence-electron chi connectivity index (χ0n) is 10.3. The van der Waals surface area contributed by atoms with Crippen LogP contribution in [0, 0.1) is 24.4 Å². The molecule has 1 amide bonds. The smallest absolute Gasteiger partial charge is 0.255 e. The fraction of sp³-hybridized carbons (Fsp3) is 0.0714. The van der Waals surface area contributed by atoms with Gasteiger partial charge in [0.15, 0.2) is 17.5 Å². The van der Waals surface area contributed by atoms with Gasteiger partial charge in [-0.25, -0.2) is 13.2 Å². The van der Waals surface area contributed by atoms with Crippen molar-refractivity contribution >= 4 is 27.5 Å². The van der Waals surface area contributed by atoms with Crippen molar-refractivity contribution in [1.29, 1.82) is 0 Å². The van der Waals surface area contributed by atoms with E-state index in [2.05, 4.69) is 21.2 Å². The first-order valence-electron chi connectivity index (χ1n) is 5.60. The van der Waals surface area contributed by atoms with E-state index in [1.807, 2.05) is 13.0 Å². The second-order valence-electron chi connectivity index (χ2n) is 4.19. The molecule has 20 heavy (non-hydrogen) atoms. The minimum Gasteiger partial charge on any atom is -0.321 e. The zero-order valence-corrected chi connectivity index (χ0v) is 11.9. The largest absolute Gasteiger partial charge is 0.321 e. The van der Waals surface area contributed by atoms with Crippen LogP contribution in [0.3, 0.4) is 0 Å². The average Bonchev–Trinajstić information content (AvgIpc) is 2.39. The average molecular weight is 344 g/mol. The van der Waals surface area contributed by atoms with Crippen LogP contribution in [-0.4, -0.2) is 5.91 Å². The number of anilines is 1. The maximum absolute atomic E-state index is 13.1. The van der Waals surface area contributed by atoms with Crippen LogP contribution in [0.25, 0.3) is 0 Å². The van der Waals surface area contributed by atoms with Crippen LogP contribution in [-0.2, 0) is 0 Å². The van der Waals surface area contributed by atoms with Crippen LogP contribution in [0.5, 0.6) is 0 Å². The maximum Gasteiger partial charge on any atom is 0.255 e. The molecule has 0 aliphatic carbocycles. The van der Waals surface area contributed by atoms with Crippen LogP contribution < -0.4 is 5.32 Å². The van der Waals surface area contributed by atoms with Crippen molar-refractivity contribution in [3.8, 4) is 0 Å². The summed E-state index contributed by atoms with van der Waals surface area (Å²) in [5, 5.41) is 2.50. The summed E-state index contributed by atoms with van der Waals surface area (Å²) in [5.41, 5.74) is 1.06. The number of nitrogens with one attached hydrogen (secondary N) is 1. The van der Waals surface area contributed by atoms with E-state index in [0.29, 0.717) is 22.3 Å². The lowest BCUT2D eigenvalue weighted by Gasteiger charge is -2.09. The van der Waals surface area contributed by atoms with Gasteiger partial charge >= 0.3 is 0 Å². The summed E-state index contributed by atoms with van der Waals surface area (Å²) in [6.45, 7) is 1.83. The van der Waals surface area contributed by atoms with Gasteiger partial charge in [0.05, 0.1) is 5.69 Å². The van der Waals surface area contributed by atoms with Crippen molar-refractivity contribution in [2.75, 3.05) is 5.32 Å². The van der Waals surface area contributed by atoms with E-state index in [1.165, 1.54) is 0 Å². The Morgan fingerprint density at radius 2 is 1.70 bits per heavy atom. The van der Waals surface area contributed by atoms with Gasteiger partial charge in [0.2, 0.25) is 0 Å². The van der Waals surface area contributed by atoms with Gasteiger partial charge in [0, 0.05) is 10.0 Å². The molecule has 1 N–H and O–H groups in total. The quantitative estimate of drug-likeness (QED) is 0.803. The minimum atomic E-state index is -1.60. The summed E-state index contributed by atoms with van der Waals surface area (Å²) in [5.74, 6) is -5.13. The molecule has 6 heteroatoms. The second-order valence-corrected chi connectivity index (χ2v) is 5.05.